The van der Waals surface area contributed by atoms with Crippen molar-refractivity contribution in [3.63, 3.8) is 0 Å². The van der Waals surface area contributed by atoms with Gasteiger partial charge in [0, 0.05) is 11.4 Å². The molecule has 0 aliphatic heterocycles. The molecule has 0 spiro atoms. The molecule has 0 amide bonds. The second kappa shape index (κ2) is 4.59. The van der Waals surface area contributed by atoms with E-state index in [1.54, 1.807) is 12.1 Å². The summed E-state index contributed by atoms with van der Waals surface area (Å²) in [5, 5.41) is 3.16. The van der Waals surface area contributed by atoms with Gasteiger partial charge >= 0.3 is 0 Å². The van der Waals surface area contributed by atoms with Crippen LogP contribution in [0.5, 0.6) is 0 Å². The number of hydrogen-bond acceptors (Lipinski definition) is 3. The smallest absolute Gasteiger partial charge is 0.294 e. The molecule has 0 saturated heterocycles. The molecule has 96 valence electrons. The van der Waals surface area contributed by atoms with Crippen LogP contribution in [0.25, 0.3) is 0 Å². The minimum atomic E-state index is -4.16. The van der Waals surface area contributed by atoms with Gasteiger partial charge in [-0.05, 0) is 49.1 Å². The van der Waals surface area contributed by atoms with E-state index < -0.39 is 10.1 Å². The van der Waals surface area contributed by atoms with Crippen molar-refractivity contribution in [1.82, 2.24) is 0 Å². The third-order valence-electron chi connectivity index (χ3n) is 2.98. The number of anilines is 1. The van der Waals surface area contributed by atoms with Crippen LogP contribution in [0.2, 0.25) is 0 Å². The van der Waals surface area contributed by atoms with E-state index in [2.05, 4.69) is 11.9 Å². The average molecular weight is 265 g/mol. The average Bonchev–Trinajstić information content (AvgIpc) is 2.60. The number of rotatable bonds is 3. The van der Waals surface area contributed by atoms with Crippen molar-refractivity contribution in [1.29, 1.82) is 0 Å². The molecule has 4 nitrogen and oxygen atoms in total. The van der Waals surface area contributed by atoms with Gasteiger partial charge < -0.3 is 5.32 Å². The van der Waals surface area contributed by atoms with Gasteiger partial charge in [0.1, 0.15) is 0 Å². The van der Waals surface area contributed by atoms with E-state index in [1.807, 2.05) is 6.92 Å². The van der Waals surface area contributed by atoms with Crippen molar-refractivity contribution in [2.75, 3.05) is 5.32 Å². The fourth-order valence-electron chi connectivity index (χ4n) is 1.96. The number of hydrogen-bond donors (Lipinski definition) is 2. The van der Waals surface area contributed by atoms with Gasteiger partial charge in [0.15, 0.2) is 0 Å². The summed E-state index contributed by atoms with van der Waals surface area (Å²) in [7, 11) is -4.16. The fourth-order valence-corrected chi connectivity index (χ4v) is 2.49. The molecule has 1 aliphatic rings. The summed E-state index contributed by atoms with van der Waals surface area (Å²) in [6.45, 7) is 5.99. The van der Waals surface area contributed by atoms with Crippen molar-refractivity contribution in [3.8, 4) is 0 Å². The summed E-state index contributed by atoms with van der Waals surface area (Å²) < 4.78 is 31.1. The summed E-state index contributed by atoms with van der Waals surface area (Å²) in [5.41, 5.74) is 3.81. The maximum absolute atomic E-state index is 11.0. The third kappa shape index (κ3) is 2.63. The lowest BCUT2D eigenvalue weighted by atomic mass is 10.2. The zero-order chi connectivity index (χ0) is 13.3. The Morgan fingerprint density at radius 2 is 2.06 bits per heavy atom. The Morgan fingerprint density at radius 1 is 1.33 bits per heavy atom. The zero-order valence-corrected chi connectivity index (χ0v) is 10.9. The molecule has 0 saturated carbocycles. The molecular formula is C13H15NO3S. The van der Waals surface area contributed by atoms with Gasteiger partial charge in [-0.25, -0.2) is 0 Å². The van der Waals surface area contributed by atoms with Crippen LogP contribution in [-0.2, 0) is 10.1 Å². The Hall–Kier alpha value is -1.59. The van der Waals surface area contributed by atoms with E-state index in [9.17, 15) is 8.42 Å². The molecule has 2 N–H and O–H groups in total. The standard InChI is InChI=1S/C13H15NO3S/c1-9-6-7-10(2)13(9)14-11-4-3-5-12(8-11)18(15,16)17/h3-5,8,14H,1,6-7H2,2H3,(H,15,16,17). The van der Waals surface area contributed by atoms with E-state index in [-0.39, 0.29) is 4.90 Å². The second-order valence-corrected chi connectivity index (χ2v) is 5.81. The van der Waals surface area contributed by atoms with Gasteiger partial charge in [0.05, 0.1) is 4.90 Å². The Labute approximate surface area is 107 Å². The summed E-state index contributed by atoms with van der Waals surface area (Å²) in [6, 6.07) is 6.09. The molecule has 0 fully saturated rings. The van der Waals surface area contributed by atoms with E-state index in [1.165, 1.54) is 17.7 Å². The molecule has 0 atom stereocenters. The lowest BCUT2D eigenvalue weighted by molar-refractivity contribution is 0.483. The topological polar surface area (TPSA) is 66.4 Å². The molecule has 1 aromatic rings. The molecular weight excluding hydrogens is 250 g/mol. The third-order valence-corrected chi connectivity index (χ3v) is 3.83. The predicted molar refractivity (Wildman–Crippen MR) is 71.0 cm³/mol. The van der Waals surface area contributed by atoms with E-state index in [4.69, 9.17) is 4.55 Å². The van der Waals surface area contributed by atoms with Gasteiger partial charge in [-0.15, -0.1) is 0 Å². The van der Waals surface area contributed by atoms with Crippen LogP contribution in [0, 0.1) is 0 Å². The van der Waals surface area contributed by atoms with E-state index in [0.29, 0.717) is 5.69 Å². The molecule has 0 radical (unpaired) electrons. The highest BCUT2D eigenvalue weighted by molar-refractivity contribution is 7.85. The van der Waals surface area contributed by atoms with E-state index in [0.717, 1.165) is 24.1 Å². The highest BCUT2D eigenvalue weighted by Gasteiger charge is 2.16. The van der Waals surface area contributed by atoms with Gasteiger partial charge in [0.25, 0.3) is 10.1 Å². The summed E-state index contributed by atoms with van der Waals surface area (Å²) in [5.74, 6) is 0. The highest BCUT2D eigenvalue weighted by Crippen LogP contribution is 2.31. The van der Waals surface area contributed by atoms with Crippen LogP contribution < -0.4 is 5.32 Å². The number of nitrogens with one attached hydrogen (secondary N) is 1. The minimum Gasteiger partial charge on any atom is -0.355 e. The van der Waals surface area contributed by atoms with Crippen molar-refractivity contribution < 1.29 is 13.0 Å². The monoisotopic (exact) mass is 265 g/mol. The molecule has 0 aromatic heterocycles. The lowest BCUT2D eigenvalue weighted by Gasteiger charge is -2.10. The Balaban J connectivity index is 2.31. The largest absolute Gasteiger partial charge is 0.355 e. The highest BCUT2D eigenvalue weighted by atomic mass is 32.2. The summed E-state index contributed by atoms with van der Waals surface area (Å²) in [4.78, 5) is -0.116. The first-order valence-corrected chi connectivity index (χ1v) is 7.04. The quantitative estimate of drug-likeness (QED) is 0.825. The van der Waals surface area contributed by atoms with Crippen molar-refractivity contribution in [2.24, 2.45) is 0 Å². The molecule has 1 aromatic carbocycles. The molecule has 1 aliphatic carbocycles. The fraction of sp³-hybridized carbons (Fsp3) is 0.231. The summed E-state index contributed by atoms with van der Waals surface area (Å²) >= 11 is 0. The van der Waals surface area contributed by atoms with Crippen LogP contribution in [0.3, 0.4) is 0 Å². The maximum Gasteiger partial charge on any atom is 0.294 e. The van der Waals surface area contributed by atoms with Crippen molar-refractivity contribution in [3.05, 3.63) is 47.7 Å². The zero-order valence-electron chi connectivity index (χ0n) is 10.1. The Kier molecular flexibility index (Phi) is 3.28. The predicted octanol–water partition coefficient (Wildman–Crippen LogP) is 2.97. The SMILES string of the molecule is C=C1CCC(C)=C1Nc1cccc(S(=O)(=O)O)c1. The van der Waals surface area contributed by atoms with E-state index >= 15 is 0 Å². The van der Waals surface area contributed by atoms with Crippen LogP contribution in [0.1, 0.15) is 19.8 Å². The van der Waals surface area contributed by atoms with Gasteiger partial charge in [0.2, 0.25) is 0 Å². The van der Waals surface area contributed by atoms with Crippen molar-refractivity contribution >= 4 is 15.8 Å². The molecule has 0 bridgehead atoms. The van der Waals surface area contributed by atoms with Gasteiger partial charge in [-0.2, -0.15) is 8.42 Å². The van der Waals surface area contributed by atoms with Crippen LogP contribution in [0.15, 0.2) is 52.6 Å². The molecule has 0 unspecified atom stereocenters. The maximum atomic E-state index is 11.0. The lowest BCUT2D eigenvalue weighted by Crippen LogP contribution is -2.03. The first kappa shape index (κ1) is 12.9. The number of allylic oxidation sites excluding steroid dienone is 2. The minimum absolute atomic E-state index is 0.116. The molecule has 5 heteroatoms. The number of benzene rings is 1. The normalized spacial score (nSPS) is 16.2. The van der Waals surface area contributed by atoms with Gasteiger partial charge in [-0.1, -0.05) is 12.6 Å². The molecule has 0 heterocycles. The van der Waals surface area contributed by atoms with Crippen LogP contribution in [-0.4, -0.2) is 13.0 Å². The van der Waals surface area contributed by atoms with Crippen molar-refractivity contribution in [2.45, 2.75) is 24.7 Å². The molecule has 18 heavy (non-hydrogen) atoms. The Morgan fingerprint density at radius 3 is 2.61 bits per heavy atom. The second-order valence-electron chi connectivity index (χ2n) is 4.39. The van der Waals surface area contributed by atoms with Crippen LogP contribution in [0.4, 0.5) is 5.69 Å². The first-order chi connectivity index (χ1) is 8.38. The molecule has 2 rings (SSSR count). The van der Waals surface area contributed by atoms with Gasteiger partial charge in [-0.3, -0.25) is 4.55 Å². The first-order valence-electron chi connectivity index (χ1n) is 5.60. The summed E-state index contributed by atoms with van der Waals surface area (Å²) in [6.07, 6.45) is 1.89. The Bertz CT molecular complexity index is 629. The van der Waals surface area contributed by atoms with Crippen LogP contribution >= 0.6 is 0 Å².